The summed E-state index contributed by atoms with van der Waals surface area (Å²) in [7, 11) is 0.687. The van der Waals surface area contributed by atoms with Gasteiger partial charge < -0.3 is 92.6 Å². The van der Waals surface area contributed by atoms with Gasteiger partial charge in [0, 0.05) is 13.2 Å². The second-order valence-electron chi connectivity index (χ2n) is 13.7. The van der Waals surface area contributed by atoms with Crippen LogP contribution in [0.1, 0.15) is 118 Å². The molecule has 74 heavy (non-hydrogen) atoms. The molecule has 28 heteroatoms. The van der Waals surface area contributed by atoms with Crippen molar-refractivity contribution < 1.29 is 118 Å². The van der Waals surface area contributed by atoms with E-state index in [-0.39, 0.29) is 221 Å². The smallest absolute Gasteiger partial charge is 2.00 e. The van der Waals surface area contributed by atoms with E-state index in [1.54, 1.807) is 0 Å². The fourth-order valence-electron chi connectivity index (χ4n) is 5.14. The summed E-state index contributed by atoms with van der Waals surface area (Å²) < 4.78 is 4.83. The van der Waals surface area contributed by atoms with Crippen molar-refractivity contribution in [2.45, 2.75) is 118 Å². The molecule has 446 valence electrons. The fraction of sp³-hybridized carbons (Fsp3) is 0.739. The molecule has 0 unspecified atom stereocenters. The van der Waals surface area contributed by atoms with Crippen molar-refractivity contribution in [3.05, 3.63) is 40.2 Å². The summed E-state index contributed by atoms with van der Waals surface area (Å²) in [4.78, 5) is 0. The molecule has 0 spiro atoms. The Morgan fingerprint density at radius 2 is 0.365 bits per heavy atom. The molecule has 2 aromatic rings. The molecular weight excluding hydrogens is 1590 g/mol. The Labute approximate surface area is 597 Å². The average Bonchev–Trinajstić information content (AvgIpc) is 3.32. The molecule has 4 radical (unpaired) electrons. The van der Waals surface area contributed by atoms with Crippen molar-refractivity contribution in [2.24, 2.45) is 0 Å². The summed E-state index contributed by atoms with van der Waals surface area (Å²) >= 11 is 43.4. The molecule has 5 nitrogen and oxygen atoms in total. The van der Waals surface area contributed by atoms with Crippen molar-refractivity contribution in [2.75, 3.05) is 106 Å². The van der Waals surface area contributed by atoms with E-state index in [1.807, 2.05) is 13.8 Å². The Bertz CT molecular complexity index is 1030. The normalized spacial score (nSPS) is 8.78. The van der Waals surface area contributed by atoms with Crippen molar-refractivity contribution in [3.63, 3.8) is 0 Å². The summed E-state index contributed by atoms with van der Waals surface area (Å²) in [6, 6.07) is 0. The molecule has 0 aromatic heterocycles. The van der Waals surface area contributed by atoms with Gasteiger partial charge in [0.05, 0.1) is 133 Å². The van der Waals surface area contributed by atoms with Gasteiger partial charge in [-0.15, -0.1) is 0 Å². The third-order valence-electron chi connectivity index (χ3n) is 10.3. The van der Waals surface area contributed by atoms with E-state index in [9.17, 15) is 20.4 Å². The van der Waals surface area contributed by atoms with Gasteiger partial charge in [-0.2, -0.15) is 0 Å². The first-order valence-corrected chi connectivity index (χ1v) is 36.9. The maximum atomic E-state index is 10.9. The maximum absolute atomic E-state index is 10.9. The molecule has 2 rings (SSSR count). The summed E-state index contributed by atoms with van der Waals surface area (Å²) in [5.74, 6) is -3.74. The van der Waals surface area contributed by atoms with Gasteiger partial charge in [0.15, 0.2) is 0 Å². The van der Waals surface area contributed by atoms with E-state index in [0.29, 0.717) is 0 Å². The third kappa shape index (κ3) is 63.3. The van der Waals surface area contributed by atoms with Crippen LogP contribution >= 0.6 is 132 Å². The Morgan fingerprint density at radius 1 is 0.270 bits per heavy atom. The van der Waals surface area contributed by atoms with Gasteiger partial charge in [-0.05, 0) is 157 Å². The third-order valence-corrected chi connectivity index (χ3v) is 28.8. The van der Waals surface area contributed by atoms with Crippen LogP contribution in [0.5, 0.6) is 23.0 Å². The standard InChI is InChI=1S/2C6H2Cl4O2.5C6H15P.C4H10O.3Fe.2Mo.5S/c2*7-1-2(8)4(10)6(12)5(11)3(1)9;5*1-4-7(5-2)6-3;1-3-5-4-2;;;;;;;;;;/h2*11-12H;5*4-6H2,1-3H3;3-4H2,1-2H3;;;;;;;;;;/q;;;;;;;;3*+3;+2;+3;5*-2/p+1. The Kier molecular flexibility index (Phi) is 143. The van der Waals surface area contributed by atoms with Crippen molar-refractivity contribution in [3.8, 4) is 23.0 Å². The van der Waals surface area contributed by atoms with Crippen LogP contribution in [0.15, 0.2) is 0 Å². The molecule has 0 saturated heterocycles. The Hall–Kier alpha value is 6.76. The Morgan fingerprint density at radius 3 is 0.405 bits per heavy atom. The average molecular weight is 1680 g/mol. The fourth-order valence-corrected chi connectivity index (χ4v) is 14.3. The van der Waals surface area contributed by atoms with Gasteiger partial charge in [-0.25, -0.2) is 0 Å². The zero-order valence-corrected chi connectivity index (χ0v) is 69.0. The first-order chi connectivity index (χ1) is 30.1. The van der Waals surface area contributed by atoms with Crippen LogP contribution in [-0.2, 0) is 166 Å². The number of rotatable bonds is 17. The summed E-state index contributed by atoms with van der Waals surface area (Å²) in [6.45, 7) is 40.3. The monoisotopic (exact) mass is 1680 g/mol. The largest absolute Gasteiger partial charge is 3.00 e. The maximum Gasteiger partial charge on any atom is 3.00 e. The van der Waals surface area contributed by atoms with E-state index in [2.05, 4.69) is 104 Å². The zero-order valence-electron chi connectivity index (χ0n) is 46.5. The van der Waals surface area contributed by atoms with Crippen LogP contribution < -0.4 is 20.4 Å². The summed E-state index contributed by atoms with van der Waals surface area (Å²) in [5, 5.41) is 41.2. The van der Waals surface area contributed by atoms with Crippen molar-refractivity contribution in [1.29, 1.82) is 0 Å². The molecule has 0 amide bonds. The molecule has 2 aromatic carbocycles. The molecule has 0 aliphatic rings. The van der Waals surface area contributed by atoms with Crippen LogP contribution in [0.2, 0.25) is 40.2 Å². The second-order valence-corrected chi connectivity index (χ2v) is 34.8. The summed E-state index contributed by atoms with van der Waals surface area (Å²) in [5.41, 5.74) is 0. The minimum atomic E-state index is -0.934. The number of ether oxygens (including phenoxy) is 1. The van der Waals surface area contributed by atoms with Crippen LogP contribution in [-0.4, -0.2) is 106 Å². The molecule has 0 heterocycles. The predicted molar refractivity (Wildman–Crippen MR) is 349 cm³/mol. The van der Waals surface area contributed by atoms with Gasteiger partial charge in [-0.1, -0.05) is 116 Å². The van der Waals surface area contributed by atoms with Gasteiger partial charge >= 0.3 is 93.3 Å². The van der Waals surface area contributed by atoms with Crippen LogP contribution in [0.4, 0.5) is 0 Å². The number of benzene rings is 2. The van der Waals surface area contributed by atoms with Crippen LogP contribution in [0.25, 0.3) is 0 Å². The summed E-state index contributed by atoms with van der Waals surface area (Å²) in [6.07, 6.45) is 21.8. The molecule has 0 aliphatic heterocycles. The van der Waals surface area contributed by atoms with E-state index < -0.39 is 43.1 Å². The molecule has 0 aliphatic carbocycles. The second kappa shape index (κ2) is 86.2. The van der Waals surface area contributed by atoms with Gasteiger partial charge in [0.1, 0.15) is 0 Å². The minimum absolute atomic E-state index is 0. The van der Waals surface area contributed by atoms with E-state index in [0.717, 1.165) is 13.2 Å². The van der Waals surface area contributed by atoms with Crippen molar-refractivity contribution >= 4 is 200 Å². The SMILES string of the molecule is CCOCC.CC[PH+](CC)CC.CC[PH+](CC)CC.CC[PH+](CC)CC.CC[PH+](CC)CC.CC[PH+](CC)CC.[Fe+3].[Fe+3].[Fe+3].[Mo+2].[Mo+3].[O-]c1c([O-])c(Cl)c(Cl)c(Cl)c1Cl.[O-]c1c([O-])c(Cl)c(Cl)c(Cl)c1Cl.[S-2].[S-2].[S-2].[S-2].[S-2]. The molecular formula is C46H90Cl8Fe3Mo2O5P5S5+5. The molecule has 0 fully saturated rings. The van der Waals surface area contributed by atoms with Crippen molar-refractivity contribution in [1.82, 2.24) is 0 Å². The van der Waals surface area contributed by atoms with Gasteiger partial charge in [-0.3, -0.25) is 0 Å². The zero-order chi connectivity index (χ0) is 51.5. The molecule has 0 atom stereocenters. The first-order valence-electron chi connectivity index (χ1n) is 23.2. The topological polar surface area (TPSA) is 101 Å². The minimum Gasteiger partial charge on any atom is -2.00 e. The van der Waals surface area contributed by atoms with Gasteiger partial charge in [0.2, 0.25) is 0 Å². The number of hydrogen-bond acceptors (Lipinski definition) is 5. The van der Waals surface area contributed by atoms with E-state index >= 15 is 0 Å². The Balaban J connectivity index is -0.0000000370. The molecule has 0 N–H and O–H groups in total. The molecule has 0 saturated carbocycles. The van der Waals surface area contributed by atoms with Gasteiger partial charge in [0.25, 0.3) is 0 Å². The number of halogens is 8. The predicted octanol–water partition coefficient (Wildman–Crippen LogP) is 17.2. The van der Waals surface area contributed by atoms with E-state index in [4.69, 9.17) is 97.5 Å². The van der Waals surface area contributed by atoms with Crippen LogP contribution in [0.3, 0.4) is 0 Å². The quantitative estimate of drug-likeness (QED) is 0.0680. The van der Waals surface area contributed by atoms with E-state index in [1.165, 1.54) is 92.4 Å². The molecule has 0 bridgehead atoms. The first kappa shape index (κ1) is 123. The number of hydrogen-bond donors (Lipinski definition) is 0. The van der Waals surface area contributed by atoms with Crippen LogP contribution in [0, 0.1) is 0 Å².